The molecule has 0 spiro atoms. The van der Waals surface area contributed by atoms with Crippen molar-refractivity contribution in [2.45, 2.75) is 52.7 Å². The molecule has 0 aliphatic carbocycles. The summed E-state index contributed by atoms with van der Waals surface area (Å²) < 4.78 is 15.6. The van der Waals surface area contributed by atoms with Crippen molar-refractivity contribution in [3.05, 3.63) is 24.0 Å². The molecule has 1 heterocycles. The molecule has 0 fully saturated rings. The molecule has 0 saturated heterocycles. The summed E-state index contributed by atoms with van der Waals surface area (Å²) in [7, 11) is 1.30. The predicted octanol–water partition coefficient (Wildman–Crippen LogP) is 3.19. The Hall–Kier alpha value is -2.31. The number of esters is 1. The Balaban J connectivity index is 2.69. The molecule has 1 rings (SSSR count). The summed E-state index contributed by atoms with van der Waals surface area (Å²) in [6.45, 7) is 9.79. The lowest BCUT2D eigenvalue weighted by Crippen LogP contribution is -2.42. The van der Waals surface area contributed by atoms with E-state index in [1.807, 2.05) is 20.8 Å². The van der Waals surface area contributed by atoms with Crippen LogP contribution >= 0.6 is 0 Å². The Labute approximate surface area is 149 Å². The monoisotopic (exact) mass is 352 g/mol. The van der Waals surface area contributed by atoms with Gasteiger partial charge in [0.1, 0.15) is 18.0 Å². The minimum absolute atomic E-state index is 0.225. The fourth-order valence-corrected chi connectivity index (χ4v) is 2.14. The molecule has 0 saturated carbocycles. The second-order valence-corrected chi connectivity index (χ2v) is 7.18. The molecule has 140 valence electrons. The summed E-state index contributed by atoms with van der Waals surface area (Å²) >= 11 is 0. The van der Waals surface area contributed by atoms with Crippen LogP contribution in [-0.4, -0.2) is 42.4 Å². The molecule has 1 amide bonds. The van der Waals surface area contributed by atoms with E-state index in [9.17, 15) is 9.59 Å². The minimum atomic E-state index is -0.563. The van der Waals surface area contributed by atoms with E-state index in [2.05, 4.69) is 28.9 Å². The van der Waals surface area contributed by atoms with E-state index in [1.54, 1.807) is 6.07 Å². The van der Waals surface area contributed by atoms with E-state index in [0.717, 1.165) is 6.42 Å². The number of amides is 1. The Kier molecular flexibility index (Phi) is 7.67. The lowest BCUT2D eigenvalue weighted by atomic mass is 10.0. The van der Waals surface area contributed by atoms with Crippen LogP contribution in [-0.2, 0) is 9.47 Å². The van der Waals surface area contributed by atoms with Crippen LogP contribution in [0.15, 0.2) is 18.5 Å². The first-order valence-electron chi connectivity index (χ1n) is 8.26. The second-order valence-electron chi connectivity index (χ2n) is 7.18. The third-order valence-corrected chi connectivity index (χ3v) is 3.06. The minimum Gasteiger partial charge on any atom is -0.490 e. The van der Waals surface area contributed by atoms with Gasteiger partial charge in [-0.25, -0.2) is 9.59 Å². The van der Waals surface area contributed by atoms with Crippen LogP contribution in [0.2, 0.25) is 0 Å². The largest absolute Gasteiger partial charge is 0.490 e. The van der Waals surface area contributed by atoms with Gasteiger partial charge in [0.05, 0.1) is 24.9 Å². The van der Waals surface area contributed by atoms with Crippen molar-refractivity contribution in [2.24, 2.45) is 5.92 Å². The molecule has 0 aliphatic heterocycles. The Morgan fingerprint density at radius 1 is 1.24 bits per heavy atom. The number of alkyl carbamates (subject to hydrolysis) is 1. The third-order valence-electron chi connectivity index (χ3n) is 3.06. The SMILES string of the molecule is COC(=O)c1cncc(OC[C@H](CC(C)C)NC(=O)OC(C)(C)C)c1. The molecule has 1 N–H and O–H groups in total. The first-order valence-corrected chi connectivity index (χ1v) is 8.26. The molecule has 7 nitrogen and oxygen atoms in total. The summed E-state index contributed by atoms with van der Waals surface area (Å²) in [4.78, 5) is 27.5. The van der Waals surface area contributed by atoms with Crippen LogP contribution in [0, 0.1) is 5.92 Å². The summed E-state index contributed by atoms with van der Waals surface area (Å²) in [6, 6.07) is 1.33. The molecule has 1 aromatic heterocycles. The average molecular weight is 352 g/mol. The number of carbonyl (C=O) groups excluding carboxylic acids is 2. The Bertz CT molecular complexity index is 581. The highest BCUT2D eigenvalue weighted by Crippen LogP contribution is 2.14. The van der Waals surface area contributed by atoms with Crippen LogP contribution in [0.3, 0.4) is 0 Å². The number of ether oxygens (including phenoxy) is 3. The van der Waals surface area contributed by atoms with Gasteiger partial charge >= 0.3 is 12.1 Å². The highest BCUT2D eigenvalue weighted by molar-refractivity contribution is 5.89. The first kappa shape index (κ1) is 20.7. The van der Waals surface area contributed by atoms with E-state index in [1.165, 1.54) is 19.5 Å². The maximum absolute atomic E-state index is 12.0. The highest BCUT2D eigenvalue weighted by atomic mass is 16.6. The van der Waals surface area contributed by atoms with Gasteiger partial charge in [-0.2, -0.15) is 0 Å². The Morgan fingerprint density at radius 2 is 1.92 bits per heavy atom. The van der Waals surface area contributed by atoms with Crippen LogP contribution in [0.1, 0.15) is 51.4 Å². The zero-order valence-corrected chi connectivity index (χ0v) is 15.8. The standard InChI is InChI=1S/C18H28N2O5/c1-12(2)7-14(20-17(22)25-18(3,4)5)11-24-15-8-13(9-19-10-15)16(21)23-6/h8-10,12,14H,7,11H2,1-6H3,(H,20,22)/t14-/m0/s1. The molecule has 25 heavy (non-hydrogen) atoms. The summed E-state index contributed by atoms with van der Waals surface area (Å²) in [6.07, 6.45) is 3.15. The maximum atomic E-state index is 12.0. The van der Waals surface area contributed by atoms with E-state index < -0.39 is 17.7 Å². The number of carbonyl (C=O) groups is 2. The molecule has 7 heteroatoms. The first-order chi connectivity index (χ1) is 11.6. The molecule has 0 aliphatic rings. The van der Waals surface area contributed by atoms with Gasteiger partial charge in [-0.05, 0) is 39.2 Å². The molecule has 1 atom stereocenters. The maximum Gasteiger partial charge on any atom is 0.407 e. The molecule has 0 unspecified atom stereocenters. The van der Waals surface area contributed by atoms with Crippen molar-refractivity contribution in [3.63, 3.8) is 0 Å². The number of pyridine rings is 1. The average Bonchev–Trinajstić information content (AvgIpc) is 2.49. The van der Waals surface area contributed by atoms with E-state index >= 15 is 0 Å². The number of nitrogens with zero attached hydrogens (tertiary/aromatic N) is 1. The second kappa shape index (κ2) is 9.25. The summed E-state index contributed by atoms with van der Waals surface area (Å²) in [5, 5.41) is 2.83. The number of methoxy groups -OCH3 is 1. The Morgan fingerprint density at radius 3 is 2.48 bits per heavy atom. The molecule has 0 radical (unpaired) electrons. The zero-order chi connectivity index (χ0) is 19.0. The van der Waals surface area contributed by atoms with Crippen molar-refractivity contribution < 1.29 is 23.8 Å². The number of rotatable bonds is 7. The lowest BCUT2D eigenvalue weighted by Gasteiger charge is -2.24. The van der Waals surface area contributed by atoms with Gasteiger partial charge in [0, 0.05) is 6.20 Å². The topological polar surface area (TPSA) is 86.8 Å². The quantitative estimate of drug-likeness (QED) is 0.759. The van der Waals surface area contributed by atoms with Gasteiger partial charge in [-0.15, -0.1) is 0 Å². The molecular formula is C18H28N2O5. The zero-order valence-electron chi connectivity index (χ0n) is 15.8. The van der Waals surface area contributed by atoms with Gasteiger partial charge in [-0.3, -0.25) is 4.98 Å². The van der Waals surface area contributed by atoms with Crippen LogP contribution in [0.5, 0.6) is 5.75 Å². The van der Waals surface area contributed by atoms with Gasteiger partial charge in [0.2, 0.25) is 0 Å². The number of hydrogen-bond donors (Lipinski definition) is 1. The molecular weight excluding hydrogens is 324 g/mol. The van der Waals surface area contributed by atoms with Crippen molar-refractivity contribution in [3.8, 4) is 5.75 Å². The third kappa shape index (κ3) is 8.37. The normalized spacial score (nSPS) is 12.4. The van der Waals surface area contributed by atoms with Gasteiger partial charge in [-0.1, -0.05) is 13.8 Å². The number of aromatic nitrogens is 1. The van der Waals surface area contributed by atoms with Crippen molar-refractivity contribution in [1.82, 2.24) is 10.3 Å². The summed E-state index contributed by atoms with van der Waals surface area (Å²) in [5.74, 6) is 0.314. The van der Waals surface area contributed by atoms with Crippen LogP contribution in [0.25, 0.3) is 0 Å². The van der Waals surface area contributed by atoms with E-state index in [0.29, 0.717) is 17.2 Å². The lowest BCUT2D eigenvalue weighted by molar-refractivity contribution is 0.0480. The fourth-order valence-electron chi connectivity index (χ4n) is 2.14. The van der Waals surface area contributed by atoms with Crippen molar-refractivity contribution in [1.29, 1.82) is 0 Å². The van der Waals surface area contributed by atoms with Gasteiger partial charge in [0.25, 0.3) is 0 Å². The number of nitrogens with one attached hydrogen (secondary N) is 1. The number of hydrogen-bond acceptors (Lipinski definition) is 6. The van der Waals surface area contributed by atoms with E-state index in [-0.39, 0.29) is 12.6 Å². The van der Waals surface area contributed by atoms with Gasteiger partial charge < -0.3 is 19.5 Å². The van der Waals surface area contributed by atoms with Crippen LogP contribution in [0.4, 0.5) is 4.79 Å². The van der Waals surface area contributed by atoms with Crippen LogP contribution < -0.4 is 10.1 Å². The molecule has 1 aromatic rings. The van der Waals surface area contributed by atoms with Crippen molar-refractivity contribution >= 4 is 12.1 Å². The van der Waals surface area contributed by atoms with Gasteiger partial charge in [0.15, 0.2) is 0 Å². The smallest absolute Gasteiger partial charge is 0.407 e. The van der Waals surface area contributed by atoms with Crippen molar-refractivity contribution in [2.75, 3.05) is 13.7 Å². The highest BCUT2D eigenvalue weighted by Gasteiger charge is 2.21. The molecule has 0 aromatic carbocycles. The summed E-state index contributed by atoms with van der Waals surface area (Å²) in [5.41, 5.74) is -0.257. The van der Waals surface area contributed by atoms with E-state index in [4.69, 9.17) is 9.47 Å². The fraction of sp³-hybridized carbons (Fsp3) is 0.611. The molecule has 0 bridgehead atoms. The predicted molar refractivity (Wildman–Crippen MR) is 93.7 cm³/mol.